The van der Waals surface area contributed by atoms with Crippen molar-refractivity contribution in [3.63, 3.8) is 0 Å². The minimum Gasteiger partial charge on any atom is -0.399 e. The largest absolute Gasteiger partial charge is 0.399 e. The van der Waals surface area contributed by atoms with Crippen LogP contribution in [0.5, 0.6) is 0 Å². The lowest BCUT2D eigenvalue weighted by Gasteiger charge is -2.29. The zero-order valence-corrected chi connectivity index (χ0v) is 11.8. The number of nitrogens with two attached hydrogens (primary N) is 1. The molecule has 0 bridgehead atoms. The van der Waals surface area contributed by atoms with Crippen molar-refractivity contribution < 1.29 is 4.74 Å². The number of nitrogen functional groups attached to an aromatic ring is 1. The first kappa shape index (κ1) is 13.2. The second-order valence-corrected chi connectivity index (χ2v) is 5.52. The van der Waals surface area contributed by atoms with Crippen molar-refractivity contribution in [2.24, 2.45) is 5.92 Å². The van der Waals surface area contributed by atoms with E-state index in [1.807, 2.05) is 30.5 Å². The minimum absolute atomic E-state index is 0.432. The molecule has 4 nitrogen and oxygen atoms in total. The first-order valence-electron chi connectivity index (χ1n) is 7.22. The van der Waals surface area contributed by atoms with Crippen LogP contribution in [-0.4, -0.2) is 24.2 Å². The number of nitrogens with one attached hydrogen (secondary N) is 1. The number of ether oxygens (including phenoxy) is 1. The molecule has 3 rings (SSSR count). The van der Waals surface area contributed by atoms with Crippen molar-refractivity contribution in [1.29, 1.82) is 0 Å². The molecule has 0 radical (unpaired) electrons. The second-order valence-electron chi connectivity index (χ2n) is 5.52. The maximum absolute atomic E-state index is 5.82. The number of hydrogen-bond donors (Lipinski definition) is 2. The van der Waals surface area contributed by atoms with Crippen LogP contribution in [-0.2, 0) is 4.74 Å². The van der Waals surface area contributed by atoms with Gasteiger partial charge in [0.05, 0.1) is 5.52 Å². The van der Waals surface area contributed by atoms with Crippen LogP contribution in [0.25, 0.3) is 10.9 Å². The third-order valence-corrected chi connectivity index (χ3v) is 4.12. The van der Waals surface area contributed by atoms with Crippen molar-refractivity contribution in [1.82, 2.24) is 4.98 Å². The third kappa shape index (κ3) is 2.70. The first-order chi connectivity index (χ1) is 9.74. The Kier molecular flexibility index (Phi) is 3.74. The Morgan fingerprint density at radius 1 is 1.30 bits per heavy atom. The Labute approximate surface area is 119 Å². The van der Waals surface area contributed by atoms with Gasteiger partial charge in [-0.05, 0) is 49.9 Å². The van der Waals surface area contributed by atoms with Crippen LogP contribution in [0, 0.1) is 5.92 Å². The predicted octanol–water partition coefficient (Wildman–Crippen LogP) is 3.04. The minimum atomic E-state index is 0.432. The molecule has 1 unspecified atom stereocenters. The molecule has 20 heavy (non-hydrogen) atoms. The number of hydrogen-bond acceptors (Lipinski definition) is 4. The Morgan fingerprint density at radius 3 is 2.90 bits per heavy atom. The highest BCUT2D eigenvalue weighted by atomic mass is 16.5. The van der Waals surface area contributed by atoms with Crippen molar-refractivity contribution in [3.05, 3.63) is 30.5 Å². The van der Waals surface area contributed by atoms with E-state index in [-0.39, 0.29) is 0 Å². The number of rotatable bonds is 3. The van der Waals surface area contributed by atoms with Crippen LogP contribution < -0.4 is 11.1 Å². The molecule has 1 aliphatic heterocycles. The molecule has 1 fully saturated rings. The molecule has 0 amide bonds. The third-order valence-electron chi connectivity index (χ3n) is 4.12. The molecule has 106 valence electrons. The number of benzene rings is 1. The van der Waals surface area contributed by atoms with Crippen molar-refractivity contribution in [2.75, 3.05) is 24.3 Å². The van der Waals surface area contributed by atoms with Gasteiger partial charge in [-0.25, -0.2) is 0 Å². The summed E-state index contributed by atoms with van der Waals surface area (Å²) in [4.78, 5) is 4.38. The van der Waals surface area contributed by atoms with E-state index in [4.69, 9.17) is 10.5 Å². The van der Waals surface area contributed by atoms with E-state index >= 15 is 0 Å². The van der Waals surface area contributed by atoms with Gasteiger partial charge in [0.1, 0.15) is 0 Å². The second kappa shape index (κ2) is 5.67. The van der Waals surface area contributed by atoms with Crippen LogP contribution in [0.3, 0.4) is 0 Å². The molecule has 3 N–H and O–H groups in total. The fraction of sp³-hybridized carbons (Fsp3) is 0.438. The quantitative estimate of drug-likeness (QED) is 0.842. The number of aromatic nitrogens is 1. The lowest BCUT2D eigenvalue weighted by atomic mass is 9.92. The fourth-order valence-electron chi connectivity index (χ4n) is 2.87. The van der Waals surface area contributed by atoms with Crippen LogP contribution in [0.15, 0.2) is 30.5 Å². The molecule has 2 heterocycles. The smallest absolute Gasteiger partial charge is 0.0743 e. The molecular weight excluding hydrogens is 250 g/mol. The molecule has 0 saturated carbocycles. The van der Waals surface area contributed by atoms with Crippen molar-refractivity contribution >= 4 is 22.3 Å². The Hall–Kier alpha value is -1.81. The topological polar surface area (TPSA) is 60.2 Å². The van der Waals surface area contributed by atoms with Gasteiger partial charge in [0.15, 0.2) is 0 Å². The summed E-state index contributed by atoms with van der Waals surface area (Å²) in [7, 11) is 0. The number of anilines is 2. The van der Waals surface area contributed by atoms with E-state index in [0.29, 0.717) is 12.0 Å². The maximum Gasteiger partial charge on any atom is 0.0743 e. The SMILES string of the molecule is CC(Nc1ccnc2cc(N)ccc12)C1CCOCC1. The first-order valence-corrected chi connectivity index (χ1v) is 7.22. The van der Waals surface area contributed by atoms with Gasteiger partial charge in [-0.2, -0.15) is 0 Å². The Balaban J connectivity index is 1.83. The molecule has 1 atom stereocenters. The van der Waals surface area contributed by atoms with E-state index in [1.54, 1.807) is 0 Å². The zero-order chi connectivity index (χ0) is 13.9. The molecular formula is C16H21N3O. The summed E-state index contributed by atoms with van der Waals surface area (Å²) in [5, 5.41) is 4.76. The zero-order valence-electron chi connectivity index (χ0n) is 11.8. The van der Waals surface area contributed by atoms with E-state index in [0.717, 1.165) is 48.3 Å². The highest BCUT2D eigenvalue weighted by Crippen LogP contribution is 2.27. The molecule has 1 aromatic heterocycles. The van der Waals surface area contributed by atoms with Gasteiger partial charge in [-0.3, -0.25) is 4.98 Å². The summed E-state index contributed by atoms with van der Waals surface area (Å²) in [6.07, 6.45) is 4.09. The standard InChI is InChI=1S/C16H21N3O/c1-11(12-5-8-20-9-6-12)19-15-4-7-18-16-10-13(17)2-3-14(15)16/h2-4,7,10-12H,5-6,8-9,17H2,1H3,(H,18,19). The van der Waals surface area contributed by atoms with Gasteiger partial charge in [-0.1, -0.05) is 0 Å². The lowest BCUT2D eigenvalue weighted by molar-refractivity contribution is 0.0622. The molecule has 1 aliphatic rings. The molecule has 1 aromatic carbocycles. The van der Waals surface area contributed by atoms with Gasteiger partial charge in [0.2, 0.25) is 0 Å². The fourth-order valence-corrected chi connectivity index (χ4v) is 2.87. The molecule has 0 aliphatic carbocycles. The summed E-state index contributed by atoms with van der Waals surface area (Å²) in [5.41, 5.74) is 8.64. The molecule has 2 aromatic rings. The van der Waals surface area contributed by atoms with Crippen LogP contribution in [0.4, 0.5) is 11.4 Å². The summed E-state index contributed by atoms with van der Waals surface area (Å²) in [6, 6.07) is 8.35. The number of nitrogens with zero attached hydrogens (tertiary/aromatic N) is 1. The lowest BCUT2D eigenvalue weighted by Crippen LogP contribution is -2.31. The average Bonchev–Trinajstić information content (AvgIpc) is 2.48. The summed E-state index contributed by atoms with van der Waals surface area (Å²) >= 11 is 0. The highest BCUT2D eigenvalue weighted by Gasteiger charge is 2.20. The van der Waals surface area contributed by atoms with Gasteiger partial charge >= 0.3 is 0 Å². The average molecular weight is 271 g/mol. The molecule has 0 spiro atoms. The summed E-state index contributed by atoms with van der Waals surface area (Å²) in [6.45, 7) is 4.01. The highest BCUT2D eigenvalue weighted by molar-refractivity contribution is 5.92. The maximum atomic E-state index is 5.82. The van der Waals surface area contributed by atoms with Crippen LogP contribution in [0.1, 0.15) is 19.8 Å². The van der Waals surface area contributed by atoms with Crippen molar-refractivity contribution in [3.8, 4) is 0 Å². The summed E-state index contributed by atoms with van der Waals surface area (Å²) < 4.78 is 5.43. The van der Waals surface area contributed by atoms with Gasteiger partial charge in [-0.15, -0.1) is 0 Å². The van der Waals surface area contributed by atoms with E-state index < -0.39 is 0 Å². The monoisotopic (exact) mass is 271 g/mol. The van der Waals surface area contributed by atoms with Gasteiger partial charge < -0.3 is 15.8 Å². The number of pyridine rings is 1. The normalized spacial score (nSPS) is 18.1. The molecule has 1 saturated heterocycles. The Bertz CT molecular complexity index is 593. The predicted molar refractivity (Wildman–Crippen MR) is 82.8 cm³/mol. The number of fused-ring (bicyclic) bond motifs is 1. The van der Waals surface area contributed by atoms with Crippen LogP contribution >= 0.6 is 0 Å². The van der Waals surface area contributed by atoms with Gasteiger partial charge in [0.25, 0.3) is 0 Å². The Morgan fingerprint density at radius 2 is 2.10 bits per heavy atom. The van der Waals surface area contributed by atoms with Crippen LogP contribution in [0.2, 0.25) is 0 Å². The molecule has 4 heteroatoms. The van der Waals surface area contributed by atoms with E-state index in [2.05, 4.69) is 17.2 Å². The summed E-state index contributed by atoms with van der Waals surface area (Å²) in [5.74, 6) is 0.667. The van der Waals surface area contributed by atoms with E-state index in [1.165, 1.54) is 0 Å². The van der Waals surface area contributed by atoms with Gasteiger partial charge in [0, 0.05) is 42.2 Å². The van der Waals surface area contributed by atoms with Crippen molar-refractivity contribution in [2.45, 2.75) is 25.8 Å². The van der Waals surface area contributed by atoms with E-state index in [9.17, 15) is 0 Å².